The molecule has 0 spiro atoms. The number of carboxylic acid groups (broad SMARTS) is 1. The van der Waals surface area contributed by atoms with E-state index in [0.29, 0.717) is 0 Å². The molecule has 0 aromatic carbocycles. The summed E-state index contributed by atoms with van der Waals surface area (Å²) in [5.74, 6) is -1.09. The highest BCUT2D eigenvalue weighted by molar-refractivity contribution is 5.70. The van der Waals surface area contributed by atoms with Gasteiger partial charge in [0.05, 0.1) is 12.2 Å². The van der Waals surface area contributed by atoms with E-state index in [1.165, 1.54) is 0 Å². The van der Waals surface area contributed by atoms with Crippen LogP contribution in [0.5, 0.6) is 0 Å². The van der Waals surface area contributed by atoms with Crippen molar-refractivity contribution in [3.63, 3.8) is 0 Å². The molecule has 0 atom stereocenters. The van der Waals surface area contributed by atoms with E-state index in [9.17, 15) is 4.79 Å². The zero-order chi connectivity index (χ0) is 9.72. The van der Waals surface area contributed by atoms with Gasteiger partial charge in [-0.2, -0.15) is 0 Å². The molecule has 0 amide bonds. The molecule has 4 heteroatoms. The monoisotopic (exact) mass is 176 g/mol. The van der Waals surface area contributed by atoms with Gasteiger partial charge in [0, 0.05) is 0 Å². The van der Waals surface area contributed by atoms with Gasteiger partial charge in [-0.3, -0.25) is 0 Å². The van der Waals surface area contributed by atoms with E-state index in [1.807, 2.05) is 0 Å². The molecule has 0 fully saturated rings. The summed E-state index contributed by atoms with van der Waals surface area (Å²) in [7, 11) is 0. The van der Waals surface area contributed by atoms with Crippen LogP contribution in [0.4, 0.5) is 0 Å². The number of hydrogen-bond donors (Lipinski definition) is 1. The zero-order valence-corrected chi connectivity index (χ0v) is 7.90. The van der Waals surface area contributed by atoms with Crippen molar-refractivity contribution in [3.05, 3.63) is 0 Å². The molecule has 4 nitrogen and oxygen atoms in total. The molecule has 0 aromatic heterocycles. The standard InChI is InChI=1S/C8H16O4/c1-5(2)11-8(7(9)10)12-6(3)4/h5-6,8H,1-4H3,(H,9,10). The highest BCUT2D eigenvalue weighted by atomic mass is 16.7. The Hall–Kier alpha value is -0.610. The fraction of sp³-hybridized carbons (Fsp3) is 0.875. The van der Waals surface area contributed by atoms with Crippen molar-refractivity contribution in [2.45, 2.75) is 46.2 Å². The van der Waals surface area contributed by atoms with Crippen LogP contribution in [-0.2, 0) is 14.3 Å². The number of aliphatic carboxylic acids is 1. The summed E-state index contributed by atoms with van der Waals surface area (Å²) in [6.07, 6.45) is -1.44. The van der Waals surface area contributed by atoms with Crippen molar-refractivity contribution >= 4 is 5.97 Å². The lowest BCUT2D eigenvalue weighted by molar-refractivity contribution is -0.206. The van der Waals surface area contributed by atoms with Crippen molar-refractivity contribution in [1.29, 1.82) is 0 Å². The third-order valence-electron chi connectivity index (χ3n) is 0.993. The SMILES string of the molecule is CC(C)OC(OC(C)C)C(=O)O. The van der Waals surface area contributed by atoms with Crippen molar-refractivity contribution < 1.29 is 19.4 Å². The fourth-order valence-corrected chi connectivity index (χ4v) is 0.643. The van der Waals surface area contributed by atoms with E-state index in [4.69, 9.17) is 14.6 Å². The number of hydrogen-bond acceptors (Lipinski definition) is 3. The lowest BCUT2D eigenvalue weighted by Crippen LogP contribution is -2.32. The second-order valence-electron chi connectivity index (χ2n) is 3.04. The zero-order valence-electron chi connectivity index (χ0n) is 7.90. The predicted octanol–water partition coefficient (Wildman–Crippen LogP) is 1.25. The maximum Gasteiger partial charge on any atom is 0.361 e. The number of carbonyl (C=O) groups is 1. The van der Waals surface area contributed by atoms with Crippen LogP contribution in [0.15, 0.2) is 0 Å². The van der Waals surface area contributed by atoms with Gasteiger partial charge in [-0.15, -0.1) is 0 Å². The molecule has 0 rings (SSSR count). The molecule has 0 saturated heterocycles. The largest absolute Gasteiger partial charge is 0.477 e. The Morgan fingerprint density at radius 3 is 1.58 bits per heavy atom. The predicted molar refractivity (Wildman–Crippen MR) is 43.9 cm³/mol. The number of ether oxygens (including phenoxy) is 2. The van der Waals surface area contributed by atoms with Gasteiger partial charge in [-0.05, 0) is 27.7 Å². The molecule has 0 unspecified atom stereocenters. The van der Waals surface area contributed by atoms with Gasteiger partial charge >= 0.3 is 5.97 Å². The molecule has 12 heavy (non-hydrogen) atoms. The van der Waals surface area contributed by atoms with Gasteiger partial charge in [-0.25, -0.2) is 4.79 Å². The Kier molecular flexibility index (Phi) is 4.85. The number of carboxylic acids is 1. The maximum atomic E-state index is 10.5. The summed E-state index contributed by atoms with van der Waals surface area (Å²) < 4.78 is 10.0. The third-order valence-corrected chi connectivity index (χ3v) is 0.993. The van der Waals surface area contributed by atoms with Crippen LogP contribution in [0.1, 0.15) is 27.7 Å². The minimum Gasteiger partial charge on any atom is -0.477 e. The average molecular weight is 176 g/mol. The van der Waals surface area contributed by atoms with Gasteiger partial charge in [0.15, 0.2) is 0 Å². The Morgan fingerprint density at radius 1 is 1.08 bits per heavy atom. The Balaban J connectivity index is 3.96. The first-order valence-electron chi connectivity index (χ1n) is 3.97. The first kappa shape index (κ1) is 11.4. The molecule has 0 saturated carbocycles. The Bertz CT molecular complexity index is 132. The first-order valence-corrected chi connectivity index (χ1v) is 3.97. The summed E-state index contributed by atoms with van der Waals surface area (Å²) in [5, 5.41) is 8.62. The summed E-state index contributed by atoms with van der Waals surface area (Å²) in [5.41, 5.74) is 0. The second kappa shape index (κ2) is 5.11. The van der Waals surface area contributed by atoms with E-state index in [2.05, 4.69) is 0 Å². The van der Waals surface area contributed by atoms with Crippen molar-refractivity contribution in [2.75, 3.05) is 0 Å². The minimum absolute atomic E-state index is 0.148. The van der Waals surface area contributed by atoms with Crippen LogP contribution < -0.4 is 0 Å². The highest BCUT2D eigenvalue weighted by Gasteiger charge is 2.21. The summed E-state index contributed by atoms with van der Waals surface area (Å²) in [4.78, 5) is 10.5. The smallest absolute Gasteiger partial charge is 0.361 e. The summed E-state index contributed by atoms with van der Waals surface area (Å²) in [6, 6.07) is 0. The van der Waals surface area contributed by atoms with E-state index in [-0.39, 0.29) is 12.2 Å². The average Bonchev–Trinajstić information content (AvgIpc) is 1.83. The summed E-state index contributed by atoms with van der Waals surface area (Å²) >= 11 is 0. The molecule has 0 aliphatic carbocycles. The fourth-order valence-electron chi connectivity index (χ4n) is 0.643. The third kappa shape index (κ3) is 5.09. The quantitative estimate of drug-likeness (QED) is 0.640. The molecule has 0 heterocycles. The minimum atomic E-state index is -1.15. The first-order chi connectivity index (χ1) is 5.43. The van der Waals surface area contributed by atoms with Crippen molar-refractivity contribution in [2.24, 2.45) is 0 Å². The molecule has 0 aliphatic heterocycles. The van der Waals surface area contributed by atoms with E-state index >= 15 is 0 Å². The van der Waals surface area contributed by atoms with Crippen LogP contribution >= 0.6 is 0 Å². The van der Waals surface area contributed by atoms with Crippen LogP contribution in [-0.4, -0.2) is 29.6 Å². The van der Waals surface area contributed by atoms with Gasteiger partial charge in [0.1, 0.15) is 0 Å². The topological polar surface area (TPSA) is 55.8 Å². The number of rotatable bonds is 5. The highest BCUT2D eigenvalue weighted by Crippen LogP contribution is 2.03. The lowest BCUT2D eigenvalue weighted by atomic mass is 10.4. The molecule has 72 valence electrons. The second-order valence-corrected chi connectivity index (χ2v) is 3.04. The van der Waals surface area contributed by atoms with Crippen molar-refractivity contribution in [3.8, 4) is 0 Å². The molecule has 0 aliphatic rings. The molecular formula is C8H16O4. The molecule has 1 N–H and O–H groups in total. The van der Waals surface area contributed by atoms with Crippen LogP contribution in [0.2, 0.25) is 0 Å². The lowest BCUT2D eigenvalue weighted by Gasteiger charge is -2.18. The van der Waals surface area contributed by atoms with Gasteiger partial charge in [0.2, 0.25) is 0 Å². The Labute approximate surface area is 72.5 Å². The van der Waals surface area contributed by atoms with Gasteiger partial charge < -0.3 is 14.6 Å². The van der Waals surface area contributed by atoms with Crippen LogP contribution in [0.3, 0.4) is 0 Å². The molecular weight excluding hydrogens is 160 g/mol. The van der Waals surface area contributed by atoms with Crippen LogP contribution in [0, 0.1) is 0 Å². The molecule has 0 aromatic rings. The van der Waals surface area contributed by atoms with Crippen LogP contribution in [0.25, 0.3) is 0 Å². The maximum absolute atomic E-state index is 10.5. The Morgan fingerprint density at radius 2 is 1.42 bits per heavy atom. The molecule has 0 bridgehead atoms. The molecule has 0 radical (unpaired) electrons. The van der Waals surface area contributed by atoms with E-state index in [1.54, 1.807) is 27.7 Å². The van der Waals surface area contributed by atoms with Gasteiger partial charge in [0.25, 0.3) is 6.29 Å². The van der Waals surface area contributed by atoms with Crippen molar-refractivity contribution in [1.82, 2.24) is 0 Å². The van der Waals surface area contributed by atoms with E-state index < -0.39 is 12.3 Å². The normalized spacial score (nSPS) is 11.6. The van der Waals surface area contributed by atoms with Gasteiger partial charge in [-0.1, -0.05) is 0 Å². The van der Waals surface area contributed by atoms with E-state index in [0.717, 1.165) is 0 Å². The summed E-state index contributed by atoms with van der Waals surface area (Å²) in [6.45, 7) is 7.05.